The zero-order chi connectivity index (χ0) is 20.0. The van der Waals surface area contributed by atoms with Crippen molar-refractivity contribution >= 4 is 11.3 Å². The number of likely N-dealkylation sites (tertiary alicyclic amines) is 1. The lowest BCUT2D eigenvalue weighted by Gasteiger charge is -2.37. The van der Waals surface area contributed by atoms with Crippen LogP contribution in [0.25, 0.3) is 0 Å². The van der Waals surface area contributed by atoms with E-state index in [4.69, 9.17) is 4.74 Å². The Morgan fingerprint density at radius 1 is 1.24 bits per heavy atom. The van der Waals surface area contributed by atoms with Crippen molar-refractivity contribution in [2.45, 2.75) is 63.8 Å². The van der Waals surface area contributed by atoms with Crippen LogP contribution in [0.4, 0.5) is 0 Å². The van der Waals surface area contributed by atoms with Gasteiger partial charge in [0.2, 0.25) is 0 Å². The molecule has 0 amide bonds. The summed E-state index contributed by atoms with van der Waals surface area (Å²) in [4.78, 5) is 8.14. The Balaban J connectivity index is 1.31. The summed E-state index contributed by atoms with van der Waals surface area (Å²) in [7, 11) is 0. The first-order valence-electron chi connectivity index (χ1n) is 10.8. The maximum absolute atomic E-state index is 10.3. The standard InChI is InChI=1S/C21H31N5O2S/c1-21(2,27)20-11-26(24-23-20)18-5-15-8-25(10-17-7-22-13-29-17)9-16(15)6-19(18)28-12-14-3-4-14/h7,11,13-16,18-19,27H,3-6,8-10,12H2,1-2H3/t15-,16+,18-,19-/m1/s1. The third-order valence-corrected chi connectivity index (χ3v) is 7.51. The van der Waals surface area contributed by atoms with Crippen LogP contribution in [0.2, 0.25) is 0 Å². The normalized spacial score (nSPS) is 30.6. The van der Waals surface area contributed by atoms with Gasteiger partial charge in [0.05, 0.1) is 23.9 Å². The van der Waals surface area contributed by atoms with Gasteiger partial charge < -0.3 is 9.84 Å². The van der Waals surface area contributed by atoms with Gasteiger partial charge in [0.1, 0.15) is 11.3 Å². The molecule has 0 spiro atoms. The highest BCUT2D eigenvalue weighted by Gasteiger charge is 2.44. The average Bonchev–Trinajstić information content (AvgIpc) is 3.07. The number of nitrogens with zero attached hydrogens (tertiary/aromatic N) is 5. The second-order valence-corrected chi connectivity index (χ2v) is 10.6. The SMILES string of the molecule is CC(C)(O)c1cn([C@@H]2C[C@@H]3CN(Cc4cncs4)C[C@@H]3C[C@H]2OCC2CC2)nn1. The number of hydrogen-bond acceptors (Lipinski definition) is 7. The monoisotopic (exact) mass is 417 g/mol. The molecule has 2 aromatic heterocycles. The van der Waals surface area contributed by atoms with Crippen molar-refractivity contribution in [1.29, 1.82) is 0 Å². The van der Waals surface area contributed by atoms with Crippen LogP contribution in [-0.2, 0) is 16.9 Å². The second-order valence-electron chi connectivity index (χ2n) is 9.68. The minimum absolute atomic E-state index is 0.177. The Labute approximate surface area is 176 Å². The van der Waals surface area contributed by atoms with E-state index in [1.54, 1.807) is 25.2 Å². The molecular weight excluding hydrogens is 386 g/mol. The highest BCUT2D eigenvalue weighted by atomic mass is 32.1. The molecule has 2 saturated carbocycles. The third kappa shape index (κ3) is 4.40. The summed E-state index contributed by atoms with van der Waals surface area (Å²) in [5.74, 6) is 2.09. The number of fused-ring (bicyclic) bond motifs is 1. The summed E-state index contributed by atoms with van der Waals surface area (Å²) in [5, 5.41) is 18.9. The van der Waals surface area contributed by atoms with Crippen molar-refractivity contribution in [2.24, 2.45) is 17.8 Å². The fraction of sp³-hybridized carbons (Fsp3) is 0.762. The molecule has 1 N–H and O–H groups in total. The van der Waals surface area contributed by atoms with Crippen LogP contribution in [0.1, 0.15) is 56.1 Å². The van der Waals surface area contributed by atoms with Crippen molar-refractivity contribution in [2.75, 3.05) is 19.7 Å². The van der Waals surface area contributed by atoms with Crippen molar-refractivity contribution in [3.05, 3.63) is 28.5 Å². The number of aromatic nitrogens is 4. The van der Waals surface area contributed by atoms with Crippen molar-refractivity contribution in [3.8, 4) is 0 Å². The van der Waals surface area contributed by atoms with Crippen LogP contribution >= 0.6 is 11.3 Å². The first kappa shape index (κ1) is 19.6. The number of rotatable bonds is 7. The summed E-state index contributed by atoms with van der Waals surface area (Å²) >= 11 is 1.74. The third-order valence-electron chi connectivity index (χ3n) is 6.74. The largest absolute Gasteiger partial charge is 0.384 e. The van der Waals surface area contributed by atoms with Crippen LogP contribution in [0.5, 0.6) is 0 Å². The van der Waals surface area contributed by atoms with Crippen LogP contribution in [-0.4, -0.2) is 55.8 Å². The lowest BCUT2D eigenvalue weighted by atomic mass is 9.77. The Morgan fingerprint density at radius 2 is 2.03 bits per heavy atom. The first-order chi connectivity index (χ1) is 14.0. The summed E-state index contributed by atoms with van der Waals surface area (Å²) in [6.45, 7) is 7.66. The molecule has 1 aliphatic heterocycles. The molecule has 5 rings (SSSR count). The molecule has 29 heavy (non-hydrogen) atoms. The highest BCUT2D eigenvalue weighted by molar-refractivity contribution is 7.09. The lowest BCUT2D eigenvalue weighted by molar-refractivity contribution is -0.0376. The van der Waals surface area contributed by atoms with Gasteiger partial charge in [-0.05, 0) is 57.3 Å². The molecule has 0 radical (unpaired) electrons. The molecule has 0 unspecified atom stereocenters. The average molecular weight is 418 g/mol. The van der Waals surface area contributed by atoms with Gasteiger partial charge in [-0.1, -0.05) is 5.21 Å². The van der Waals surface area contributed by atoms with E-state index in [2.05, 4.69) is 20.2 Å². The van der Waals surface area contributed by atoms with E-state index in [0.717, 1.165) is 45.0 Å². The van der Waals surface area contributed by atoms with Crippen molar-refractivity contribution in [1.82, 2.24) is 24.9 Å². The van der Waals surface area contributed by atoms with Gasteiger partial charge in [0, 0.05) is 37.3 Å². The topological polar surface area (TPSA) is 76.3 Å². The maximum Gasteiger partial charge on any atom is 0.114 e. The minimum atomic E-state index is -0.973. The molecule has 158 valence electrons. The van der Waals surface area contributed by atoms with E-state index in [0.29, 0.717) is 17.5 Å². The van der Waals surface area contributed by atoms with Crippen LogP contribution < -0.4 is 0 Å². The van der Waals surface area contributed by atoms with Crippen LogP contribution in [0, 0.1) is 17.8 Å². The molecule has 2 aromatic rings. The zero-order valence-corrected chi connectivity index (χ0v) is 18.1. The van der Waals surface area contributed by atoms with E-state index >= 15 is 0 Å². The fourth-order valence-corrected chi connectivity index (χ4v) is 5.51. The molecule has 3 fully saturated rings. The van der Waals surface area contributed by atoms with Gasteiger partial charge in [0.15, 0.2) is 0 Å². The smallest absolute Gasteiger partial charge is 0.114 e. The molecule has 4 atom stereocenters. The Bertz CT molecular complexity index is 813. The molecule has 7 nitrogen and oxygen atoms in total. The van der Waals surface area contributed by atoms with Gasteiger partial charge in [-0.3, -0.25) is 9.88 Å². The molecule has 3 aliphatic rings. The quantitative estimate of drug-likeness (QED) is 0.747. The fourth-order valence-electron chi connectivity index (χ4n) is 4.88. The van der Waals surface area contributed by atoms with Gasteiger partial charge in [0.25, 0.3) is 0 Å². The number of hydrogen-bond donors (Lipinski definition) is 1. The predicted molar refractivity (Wildman–Crippen MR) is 110 cm³/mol. The van der Waals surface area contributed by atoms with E-state index in [9.17, 15) is 5.11 Å². The van der Waals surface area contributed by atoms with E-state index in [-0.39, 0.29) is 12.1 Å². The van der Waals surface area contributed by atoms with Crippen LogP contribution in [0.15, 0.2) is 17.9 Å². The van der Waals surface area contributed by atoms with Gasteiger partial charge >= 0.3 is 0 Å². The lowest BCUT2D eigenvalue weighted by Crippen LogP contribution is -2.38. The Hall–Kier alpha value is -1.35. The summed E-state index contributed by atoms with van der Waals surface area (Å²) in [6, 6.07) is 0.196. The molecule has 3 heterocycles. The Morgan fingerprint density at radius 3 is 2.69 bits per heavy atom. The van der Waals surface area contributed by atoms with Gasteiger partial charge in [-0.2, -0.15) is 0 Å². The van der Waals surface area contributed by atoms with Gasteiger partial charge in [-0.25, -0.2) is 4.68 Å². The number of thiazole rings is 1. The van der Waals surface area contributed by atoms with E-state index in [1.807, 2.05) is 22.6 Å². The predicted octanol–water partition coefficient (Wildman–Crippen LogP) is 2.84. The summed E-state index contributed by atoms with van der Waals surface area (Å²) < 4.78 is 8.41. The molecular formula is C21H31N5O2S. The molecule has 1 saturated heterocycles. The second kappa shape index (κ2) is 7.72. The highest BCUT2D eigenvalue weighted by Crippen LogP contribution is 2.43. The first-order valence-corrected chi connectivity index (χ1v) is 11.7. The molecule has 8 heteroatoms. The zero-order valence-electron chi connectivity index (χ0n) is 17.3. The number of aliphatic hydroxyl groups is 1. The van der Waals surface area contributed by atoms with E-state index in [1.165, 1.54) is 17.7 Å². The molecule has 2 aliphatic carbocycles. The van der Waals surface area contributed by atoms with Gasteiger partial charge in [-0.15, -0.1) is 16.4 Å². The summed E-state index contributed by atoms with van der Waals surface area (Å²) in [5.41, 5.74) is 1.57. The maximum atomic E-state index is 10.3. The molecule has 0 bridgehead atoms. The minimum Gasteiger partial charge on any atom is -0.384 e. The number of ether oxygens (including phenoxy) is 1. The summed E-state index contributed by atoms with van der Waals surface area (Å²) in [6.07, 6.45) is 8.84. The van der Waals surface area contributed by atoms with E-state index < -0.39 is 5.60 Å². The molecule has 0 aromatic carbocycles. The van der Waals surface area contributed by atoms with Crippen molar-refractivity contribution < 1.29 is 9.84 Å². The Kier molecular flexibility index (Phi) is 5.22. The van der Waals surface area contributed by atoms with Crippen LogP contribution in [0.3, 0.4) is 0 Å². The van der Waals surface area contributed by atoms with Crippen molar-refractivity contribution in [3.63, 3.8) is 0 Å².